The molecule has 1 aromatic carbocycles. The molecule has 42 heavy (non-hydrogen) atoms. The van der Waals surface area contributed by atoms with E-state index in [4.69, 9.17) is 12.3 Å². The summed E-state index contributed by atoms with van der Waals surface area (Å²) >= 11 is 0. The molecule has 6 fully saturated rings. The highest BCUT2D eigenvalue weighted by molar-refractivity contribution is 5.62. The van der Waals surface area contributed by atoms with E-state index >= 15 is 0 Å². The van der Waals surface area contributed by atoms with Crippen molar-refractivity contribution < 1.29 is 4.79 Å². The van der Waals surface area contributed by atoms with E-state index in [1.807, 2.05) is 0 Å². The van der Waals surface area contributed by atoms with Gasteiger partial charge in [0.15, 0.2) is 0 Å². The third-order valence-corrected chi connectivity index (χ3v) is 14.7. The van der Waals surface area contributed by atoms with Crippen LogP contribution >= 0.6 is 0 Å². The molecule has 3 heteroatoms. The van der Waals surface area contributed by atoms with Gasteiger partial charge in [0.05, 0.1) is 6.04 Å². The molecule has 0 unspecified atom stereocenters. The van der Waals surface area contributed by atoms with Crippen LogP contribution in [-0.2, 0) is 4.79 Å². The topological polar surface area (TPSA) is 55.1 Å². The number of para-hydroxylation sites is 1. The van der Waals surface area contributed by atoms with E-state index < -0.39 is 0 Å². The number of carbonyl (C=O) groups is 1. The predicted octanol–water partition coefficient (Wildman–Crippen LogP) is 8.43. The smallest absolute Gasteiger partial charge is 0.137 e. The van der Waals surface area contributed by atoms with Crippen LogP contribution in [0, 0.1) is 70.0 Å². The molecule has 3 nitrogen and oxygen atoms in total. The number of rotatable bonds is 7. The molecular formula is C39H54N2O. The highest BCUT2D eigenvalue weighted by atomic mass is 16.1. The van der Waals surface area contributed by atoms with Crippen LogP contribution in [0.5, 0.6) is 0 Å². The van der Waals surface area contributed by atoms with Gasteiger partial charge in [-0.15, -0.1) is 0 Å². The summed E-state index contributed by atoms with van der Waals surface area (Å²) in [5.74, 6) is 7.04. The molecule has 0 amide bonds. The van der Waals surface area contributed by atoms with Crippen LogP contribution in [0.3, 0.4) is 0 Å². The number of hydrogen-bond acceptors (Lipinski definition) is 3. The average Bonchev–Trinajstić information content (AvgIpc) is 3.66. The van der Waals surface area contributed by atoms with Crippen molar-refractivity contribution in [2.45, 2.75) is 95.9 Å². The van der Waals surface area contributed by atoms with Crippen molar-refractivity contribution >= 4 is 12.0 Å². The minimum Gasteiger partial charge on any atom is -0.385 e. The van der Waals surface area contributed by atoms with Gasteiger partial charge in [-0.25, -0.2) is 0 Å². The number of allylic oxidation sites excluding steroid dienone is 3. The maximum absolute atomic E-state index is 12.7. The van der Waals surface area contributed by atoms with Crippen LogP contribution in [0.2, 0.25) is 0 Å². The third-order valence-electron chi connectivity index (χ3n) is 14.7. The lowest BCUT2D eigenvalue weighted by Crippen LogP contribution is -2.44. The molecule has 0 saturated heterocycles. The number of benzene rings is 1. The maximum Gasteiger partial charge on any atom is 0.137 e. The van der Waals surface area contributed by atoms with Crippen LogP contribution < -0.4 is 11.1 Å². The van der Waals surface area contributed by atoms with Gasteiger partial charge in [0.25, 0.3) is 0 Å². The highest BCUT2D eigenvalue weighted by Crippen LogP contribution is 2.79. The molecule has 3 N–H and O–H groups in total. The zero-order valence-corrected chi connectivity index (χ0v) is 25.8. The van der Waals surface area contributed by atoms with Gasteiger partial charge in [-0.05, 0) is 128 Å². The lowest BCUT2D eigenvalue weighted by atomic mass is 9.63. The highest BCUT2D eigenvalue weighted by Gasteiger charge is 2.76. The van der Waals surface area contributed by atoms with Crippen LogP contribution in [0.15, 0.2) is 54.6 Å². The fourth-order valence-corrected chi connectivity index (χ4v) is 12.9. The van der Waals surface area contributed by atoms with Gasteiger partial charge in [0.2, 0.25) is 0 Å². The van der Waals surface area contributed by atoms with E-state index in [0.717, 1.165) is 30.2 Å². The van der Waals surface area contributed by atoms with Crippen LogP contribution in [0.4, 0.5) is 5.69 Å². The molecular weight excluding hydrogens is 512 g/mol. The molecule has 1 spiro atoms. The van der Waals surface area contributed by atoms with Crippen LogP contribution in [0.25, 0.3) is 0 Å². The summed E-state index contributed by atoms with van der Waals surface area (Å²) in [6.45, 7) is 6.03. The van der Waals surface area contributed by atoms with Crippen molar-refractivity contribution in [1.29, 1.82) is 0 Å². The van der Waals surface area contributed by atoms with Gasteiger partial charge >= 0.3 is 0 Å². The Balaban J connectivity index is 1.06. The van der Waals surface area contributed by atoms with Crippen molar-refractivity contribution in [1.82, 2.24) is 0 Å². The summed E-state index contributed by atoms with van der Waals surface area (Å²) in [6.07, 6.45) is 25.4. The largest absolute Gasteiger partial charge is 0.385 e. The average molecular weight is 567 g/mol. The fourth-order valence-electron chi connectivity index (χ4n) is 12.9. The standard InChI is InChI=1S/C39H54N2O/c1-25-33-20-30(27-9-5-6-10-27)21-34(33)37-35(22-38(25)15-7-8-16-38)39(37,36(40)24-42)31-14-13-28-17-26(18-29(28)19-31)23-41-32-11-3-2-4-12-32/h2-4,11-14,24,26-31,33-37,41H,1,5-10,15-23,40H2/t26-,28+,29-,30-,31+,33-,34+,35+,36-,37+,39+/m0/s1. The Morgan fingerprint density at radius 3 is 2.48 bits per heavy atom. The molecule has 7 aliphatic rings. The Hall–Kier alpha value is -1.87. The number of anilines is 1. The number of carbonyl (C=O) groups excluding carboxylic acids is 1. The molecule has 226 valence electrons. The first kappa shape index (κ1) is 27.7. The summed E-state index contributed by atoms with van der Waals surface area (Å²) in [5, 5.41) is 3.71. The first-order valence-electron chi connectivity index (χ1n) is 17.9. The van der Waals surface area contributed by atoms with Crippen molar-refractivity contribution in [3.8, 4) is 0 Å². The number of aldehydes is 1. The van der Waals surface area contributed by atoms with Gasteiger partial charge in [-0.2, -0.15) is 0 Å². The molecule has 1 aromatic rings. The molecule has 6 saturated carbocycles. The minimum absolute atomic E-state index is 0.0205. The lowest BCUT2D eigenvalue weighted by Gasteiger charge is -2.41. The Labute approximate surface area is 254 Å². The van der Waals surface area contributed by atoms with E-state index in [0.29, 0.717) is 40.9 Å². The van der Waals surface area contributed by atoms with Gasteiger partial charge in [0.1, 0.15) is 6.29 Å². The number of hydrogen-bond donors (Lipinski definition) is 2. The van der Waals surface area contributed by atoms with Crippen molar-refractivity contribution in [2.24, 2.45) is 75.7 Å². The molecule has 0 aromatic heterocycles. The Morgan fingerprint density at radius 1 is 0.929 bits per heavy atom. The molecule has 0 bridgehead atoms. The lowest BCUT2D eigenvalue weighted by molar-refractivity contribution is -0.111. The van der Waals surface area contributed by atoms with Crippen LogP contribution in [-0.4, -0.2) is 18.9 Å². The number of nitrogens with one attached hydrogen (secondary N) is 1. The SMILES string of the molecule is C=C1[C@@H]2C[C@H](C3CCCC3)C[C@H]2[C@@H]2[C@@H](CC13CCCC3)[C@]2([C@@H]1C=C[C@@H]2C[C@H](CNc3ccccc3)C[C@H]2C1)[C@@H](N)C=O. The van der Waals surface area contributed by atoms with Gasteiger partial charge < -0.3 is 15.8 Å². The first-order chi connectivity index (χ1) is 20.5. The predicted molar refractivity (Wildman–Crippen MR) is 172 cm³/mol. The van der Waals surface area contributed by atoms with E-state index in [-0.39, 0.29) is 11.5 Å². The van der Waals surface area contributed by atoms with E-state index in [1.165, 1.54) is 102 Å². The number of fused-ring (bicyclic) bond motifs is 4. The molecule has 0 heterocycles. The molecule has 7 aliphatic carbocycles. The quantitative estimate of drug-likeness (QED) is 0.257. The molecule has 8 rings (SSSR count). The number of nitrogens with two attached hydrogens (primary N) is 1. The normalized spacial score (nSPS) is 44.4. The Bertz CT molecular complexity index is 1190. The Kier molecular flexibility index (Phi) is 7.01. The van der Waals surface area contributed by atoms with E-state index in [9.17, 15) is 4.79 Å². The molecule has 0 radical (unpaired) electrons. The first-order valence-corrected chi connectivity index (χ1v) is 17.9. The van der Waals surface area contributed by atoms with Crippen molar-refractivity contribution in [3.05, 3.63) is 54.6 Å². The van der Waals surface area contributed by atoms with E-state index in [1.54, 1.807) is 5.57 Å². The molecule has 11 atom stereocenters. The summed E-state index contributed by atoms with van der Waals surface area (Å²) in [5.41, 5.74) is 10.2. The zero-order valence-electron chi connectivity index (χ0n) is 25.8. The monoisotopic (exact) mass is 566 g/mol. The van der Waals surface area contributed by atoms with Crippen molar-refractivity contribution in [3.63, 3.8) is 0 Å². The summed E-state index contributed by atoms with van der Waals surface area (Å²) in [7, 11) is 0. The molecule has 0 aliphatic heterocycles. The second-order valence-electron chi connectivity index (χ2n) is 16.3. The zero-order chi connectivity index (χ0) is 28.5. The summed E-state index contributed by atoms with van der Waals surface area (Å²) in [6, 6.07) is 10.4. The van der Waals surface area contributed by atoms with Crippen molar-refractivity contribution in [2.75, 3.05) is 11.9 Å². The Morgan fingerprint density at radius 2 is 1.71 bits per heavy atom. The third kappa shape index (κ3) is 4.26. The summed E-state index contributed by atoms with van der Waals surface area (Å²) in [4.78, 5) is 12.7. The maximum atomic E-state index is 12.7. The fraction of sp³-hybridized carbons (Fsp3) is 0.718. The second-order valence-corrected chi connectivity index (χ2v) is 16.3. The van der Waals surface area contributed by atoms with Gasteiger partial charge in [-0.3, -0.25) is 0 Å². The van der Waals surface area contributed by atoms with Gasteiger partial charge in [-0.1, -0.05) is 81.0 Å². The van der Waals surface area contributed by atoms with Crippen LogP contribution in [0.1, 0.15) is 89.9 Å². The second kappa shape index (κ2) is 10.6. The van der Waals surface area contributed by atoms with E-state index in [2.05, 4.69) is 47.8 Å². The minimum atomic E-state index is -0.327. The summed E-state index contributed by atoms with van der Waals surface area (Å²) < 4.78 is 0. The van der Waals surface area contributed by atoms with Gasteiger partial charge in [0, 0.05) is 17.6 Å².